The number of carboxylic acid groups (broad SMARTS) is 1. The van der Waals surface area contributed by atoms with Gasteiger partial charge in [-0.1, -0.05) is 13.8 Å². The number of nitrogens with zero attached hydrogens (tertiary/aromatic N) is 3. The van der Waals surface area contributed by atoms with E-state index in [2.05, 4.69) is 10.1 Å². The van der Waals surface area contributed by atoms with Gasteiger partial charge in [-0.15, -0.1) is 0 Å². The minimum atomic E-state index is -0.747. The number of carbonyl (C=O) groups is 1. The lowest BCUT2D eigenvalue weighted by Crippen LogP contribution is -2.04. The standard InChI is InChI=1S/C9H13N3O2/c1-9(2)5(6(9)8(13)14)7-10-4-11-12(7)3/h4-6H,1-3H3,(H,13,14). The van der Waals surface area contributed by atoms with Crippen molar-refractivity contribution >= 4 is 5.97 Å². The van der Waals surface area contributed by atoms with E-state index in [1.807, 2.05) is 13.8 Å². The van der Waals surface area contributed by atoms with Crippen molar-refractivity contribution in [3.8, 4) is 0 Å². The van der Waals surface area contributed by atoms with Gasteiger partial charge in [0, 0.05) is 13.0 Å². The van der Waals surface area contributed by atoms with Crippen LogP contribution in [0, 0.1) is 11.3 Å². The number of aromatic nitrogens is 3. The number of carboxylic acids is 1. The van der Waals surface area contributed by atoms with Crippen molar-refractivity contribution in [2.45, 2.75) is 19.8 Å². The second kappa shape index (κ2) is 2.56. The van der Waals surface area contributed by atoms with Crippen molar-refractivity contribution in [2.75, 3.05) is 0 Å². The third-order valence-electron chi connectivity index (χ3n) is 3.12. The van der Waals surface area contributed by atoms with Crippen molar-refractivity contribution < 1.29 is 9.90 Å². The van der Waals surface area contributed by atoms with E-state index in [0.717, 1.165) is 5.82 Å². The molecule has 5 heteroatoms. The molecule has 1 aliphatic rings. The lowest BCUT2D eigenvalue weighted by Gasteiger charge is -2.00. The molecule has 2 atom stereocenters. The molecular formula is C9H13N3O2. The van der Waals surface area contributed by atoms with Crippen LogP contribution in [0.2, 0.25) is 0 Å². The molecule has 1 fully saturated rings. The van der Waals surface area contributed by atoms with Gasteiger partial charge in [0.1, 0.15) is 12.2 Å². The Bertz CT molecular complexity index is 383. The molecule has 1 saturated carbocycles. The lowest BCUT2D eigenvalue weighted by atomic mass is 10.1. The fourth-order valence-corrected chi connectivity index (χ4v) is 2.17. The van der Waals surface area contributed by atoms with Gasteiger partial charge in [-0.25, -0.2) is 4.98 Å². The SMILES string of the molecule is Cn1ncnc1C1C(C(=O)O)C1(C)C. The van der Waals surface area contributed by atoms with Crippen LogP contribution in [0.5, 0.6) is 0 Å². The highest BCUT2D eigenvalue weighted by Crippen LogP contribution is 2.63. The summed E-state index contributed by atoms with van der Waals surface area (Å²) in [5.74, 6) is -0.316. The van der Waals surface area contributed by atoms with Crippen LogP contribution >= 0.6 is 0 Å². The van der Waals surface area contributed by atoms with Gasteiger partial charge < -0.3 is 5.11 Å². The minimum absolute atomic E-state index is 0.00694. The summed E-state index contributed by atoms with van der Waals surface area (Å²) in [6.45, 7) is 3.90. The van der Waals surface area contributed by atoms with Crippen LogP contribution in [0.3, 0.4) is 0 Å². The predicted molar refractivity (Wildman–Crippen MR) is 48.7 cm³/mol. The first-order valence-corrected chi connectivity index (χ1v) is 4.53. The summed E-state index contributed by atoms with van der Waals surface area (Å²) >= 11 is 0. The van der Waals surface area contributed by atoms with Gasteiger partial charge in [0.05, 0.1) is 5.92 Å². The average molecular weight is 195 g/mol. The molecule has 2 rings (SSSR count). The van der Waals surface area contributed by atoms with Gasteiger partial charge in [-0.3, -0.25) is 9.48 Å². The number of hydrogen-bond donors (Lipinski definition) is 1. The molecule has 2 unspecified atom stereocenters. The molecule has 5 nitrogen and oxygen atoms in total. The normalized spacial score (nSPS) is 28.8. The maximum absolute atomic E-state index is 10.9. The summed E-state index contributed by atoms with van der Waals surface area (Å²) in [4.78, 5) is 15.0. The summed E-state index contributed by atoms with van der Waals surface area (Å²) < 4.78 is 1.65. The van der Waals surface area contributed by atoms with E-state index in [4.69, 9.17) is 5.11 Å². The third-order valence-corrected chi connectivity index (χ3v) is 3.12. The first kappa shape index (κ1) is 9.18. The molecule has 0 spiro atoms. The molecule has 76 valence electrons. The summed E-state index contributed by atoms with van der Waals surface area (Å²) in [5, 5.41) is 12.9. The number of aryl methyl sites for hydroxylation is 1. The van der Waals surface area contributed by atoms with Crippen LogP contribution in [-0.4, -0.2) is 25.8 Å². The molecule has 0 bridgehead atoms. The Morgan fingerprint density at radius 1 is 1.64 bits per heavy atom. The van der Waals surface area contributed by atoms with Crippen LogP contribution < -0.4 is 0 Å². The van der Waals surface area contributed by atoms with Gasteiger partial charge in [-0.05, 0) is 5.41 Å². The molecule has 0 amide bonds. The Labute approximate surface area is 81.8 Å². The quantitative estimate of drug-likeness (QED) is 0.751. The first-order chi connectivity index (χ1) is 6.46. The Kier molecular flexibility index (Phi) is 1.68. The van der Waals surface area contributed by atoms with Crippen molar-refractivity contribution in [3.05, 3.63) is 12.2 Å². The van der Waals surface area contributed by atoms with Crippen LogP contribution in [0.25, 0.3) is 0 Å². The number of rotatable bonds is 2. The molecule has 0 aliphatic heterocycles. The smallest absolute Gasteiger partial charge is 0.307 e. The second-order valence-corrected chi connectivity index (χ2v) is 4.36. The topological polar surface area (TPSA) is 68.0 Å². The zero-order chi connectivity index (χ0) is 10.5. The molecule has 1 aromatic heterocycles. The van der Waals surface area contributed by atoms with E-state index >= 15 is 0 Å². The highest BCUT2D eigenvalue weighted by Gasteiger charge is 2.64. The largest absolute Gasteiger partial charge is 0.481 e. The molecule has 1 aromatic rings. The van der Waals surface area contributed by atoms with Gasteiger partial charge >= 0.3 is 5.97 Å². The molecule has 1 heterocycles. The van der Waals surface area contributed by atoms with Gasteiger partial charge in [-0.2, -0.15) is 5.10 Å². The molecule has 0 saturated heterocycles. The zero-order valence-corrected chi connectivity index (χ0v) is 8.43. The minimum Gasteiger partial charge on any atom is -0.481 e. The van der Waals surface area contributed by atoms with Crippen LogP contribution in [-0.2, 0) is 11.8 Å². The highest BCUT2D eigenvalue weighted by atomic mass is 16.4. The second-order valence-electron chi connectivity index (χ2n) is 4.36. The van der Waals surface area contributed by atoms with Gasteiger partial charge in [0.15, 0.2) is 0 Å². The van der Waals surface area contributed by atoms with Crippen LogP contribution in [0.1, 0.15) is 25.6 Å². The summed E-state index contributed by atoms with van der Waals surface area (Å²) in [5.41, 5.74) is -0.202. The van der Waals surface area contributed by atoms with E-state index in [1.165, 1.54) is 6.33 Å². The third kappa shape index (κ3) is 1.05. The molecule has 14 heavy (non-hydrogen) atoms. The molecule has 0 radical (unpaired) electrons. The zero-order valence-electron chi connectivity index (χ0n) is 8.43. The summed E-state index contributed by atoms with van der Waals surface area (Å²) in [7, 11) is 1.79. The van der Waals surface area contributed by atoms with E-state index in [1.54, 1.807) is 11.7 Å². The van der Waals surface area contributed by atoms with Crippen LogP contribution in [0.15, 0.2) is 6.33 Å². The van der Waals surface area contributed by atoms with Crippen molar-refractivity contribution in [2.24, 2.45) is 18.4 Å². The highest BCUT2D eigenvalue weighted by molar-refractivity contribution is 5.77. The van der Waals surface area contributed by atoms with E-state index in [0.29, 0.717) is 0 Å². The Hall–Kier alpha value is -1.39. The Morgan fingerprint density at radius 3 is 2.64 bits per heavy atom. The fourth-order valence-electron chi connectivity index (χ4n) is 2.17. The lowest BCUT2D eigenvalue weighted by molar-refractivity contribution is -0.139. The fraction of sp³-hybridized carbons (Fsp3) is 0.667. The maximum Gasteiger partial charge on any atom is 0.307 e. The van der Waals surface area contributed by atoms with E-state index in [9.17, 15) is 4.79 Å². The summed E-state index contributed by atoms with van der Waals surface area (Å²) in [6.07, 6.45) is 1.46. The average Bonchev–Trinajstić information content (AvgIpc) is 2.42. The van der Waals surface area contributed by atoms with Crippen molar-refractivity contribution in [3.63, 3.8) is 0 Å². The predicted octanol–water partition coefficient (Wildman–Crippen LogP) is 0.639. The summed E-state index contributed by atoms with van der Waals surface area (Å²) in [6, 6.07) is 0. The molecular weight excluding hydrogens is 182 g/mol. The molecule has 1 N–H and O–H groups in total. The van der Waals surface area contributed by atoms with E-state index < -0.39 is 5.97 Å². The monoisotopic (exact) mass is 195 g/mol. The van der Waals surface area contributed by atoms with E-state index in [-0.39, 0.29) is 17.3 Å². The Morgan fingerprint density at radius 2 is 2.29 bits per heavy atom. The number of hydrogen-bond acceptors (Lipinski definition) is 3. The van der Waals surface area contributed by atoms with Gasteiger partial charge in [0.25, 0.3) is 0 Å². The molecule has 0 aromatic carbocycles. The Balaban J connectivity index is 2.32. The number of aliphatic carboxylic acids is 1. The van der Waals surface area contributed by atoms with Crippen molar-refractivity contribution in [1.29, 1.82) is 0 Å². The van der Waals surface area contributed by atoms with Crippen LogP contribution in [0.4, 0.5) is 0 Å². The van der Waals surface area contributed by atoms with Gasteiger partial charge in [0.2, 0.25) is 0 Å². The maximum atomic E-state index is 10.9. The van der Waals surface area contributed by atoms with Crippen molar-refractivity contribution in [1.82, 2.24) is 14.8 Å². The molecule has 1 aliphatic carbocycles. The first-order valence-electron chi connectivity index (χ1n) is 4.53.